The first-order valence-corrected chi connectivity index (χ1v) is 10.4. The molecule has 0 unspecified atom stereocenters. The predicted octanol–water partition coefficient (Wildman–Crippen LogP) is 1.85. The lowest BCUT2D eigenvalue weighted by atomic mass is 9.66. The van der Waals surface area contributed by atoms with Crippen molar-refractivity contribution in [3.63, 3.8) is 0 Å². The Labute approximate surface area is 169 Å². The molecule has 0 amide bonds. The molecule has 5 nitrogen and oxygen atoms in total. The second-order valence-electron chi connectivity index (χ2n) is 9.18. The van der Waals surface area contributed by atoms with Crippen LogP contribution in [0.3, 0.4) is 0 Å². The van der Waals surface area contributed by atoms with Gasteiger partial charge in [0.2, 0.25) is 0 Å². The molecule has 4 atom stereocenters. The maximum Gasteiger partial charge on any atom is 0.187 e. The average molecular weight is 388 g/mol. The highest BCUT2D eigenvalue weighted by atomic mass is 16.3. The maximum atomic E-state index is 13.9. The van der Waals surface area contributed by atoms with E-state index in [2.05, 4.69) is 17.0 Å². The van der Waals surface area contributed by atoms with Crippen LogP contribution >= 0.6 is 0 Å². The van der Waals surface area contributed by atoms with Crippen molar-refractivity contribution in [1.82, 2.24) is 9.80 Å². The molecule has 6 rings (SSSR count). The Bertz CT molecular complexity index is 1050. The number of fused-ring (bicyclic) bond motifs is 4. The highest BCUT2D eigenvalue weighted by Crippen LogP contribution is 2.70. The summed E-state index contributed by atoms with van der Waals surface area (Å²) in [5.41, 5.74) is -1.10. The van der Waals surface area contributed by atoms with Crippen LogP contribution in [0.2, 0.25) is 0 Å². The number of carbonyl (C=O) groups is 2. The van der Waals surface area contributed by atoms with Crippen molar-refractivity contribution in [2.75, 3.05) is 26.7 Å². The van der Waals surface area contributed by atoms with E-state index in [1.165, 1.54) is 5.56 Å². The number of likely N-dealkylation sites (N-methyl/N-ethyl adjacent to an activating group) is 1. The molecular formula is C24H24N2O3. The maximum absolute atomic E-state index is 13.9. The Morgan fingerprint density at radius 3 is 2.59 bits per heavy atom. The van der Waals surface area contributed by atoms with E-state index in [0.29, 0.717) is 37.2 Å². The molecule has 2 bridgehead atoms. The Balaban J connectivity index is 1.54. The molecular weight excluding hydrogens is 364 g/mol. The van der Waals surface area contributed by atoms with Gasteiger partial charge in [-0.15, -0.1) is 0 Å². The van der Waals surface area contributed by atoms with Gasteiger partial charge in [0.05, 0.1) is 11.3 Å². The smallest absolute Gasteiger partial charge is 0.187 e. The lowest BCUT2D eigenvalue weighted by molar-refractivity contribution is -0.137. The normalized spacial score (nSPS) is 38.2. The Hall–Kier alpha value is -2.34. The van der Waals surface area contributed by atoms with Crippen LogP contribution in [0.15, 0.2) is 54.6 Å². The number of rotatable bonds is 2. The van der Waals surface area contributed by atoms with Gasteiger partial charge < -0.3 is 5.11 Å². The SMILES string of the molecule is CN1CC[C@]23CN(Cc4ccccc4)C[C@H](C2=O)[C@@]2(O)c4ccccc4C(=O)[C@@]132. The zero-order valence-corrected chi connectivity index (χ0v) is 16.5. The van der Waals surface area contributed by atoms with Crippen LogP contribution in [-0.4, -0.2) is 58.7 Å². The third-order valence-corrected chi connectivity index (χ3v) is 8.08. The summed E-state index contributed by atoms with van der Waals surface area (Å²) in [5, 5.41) is 12.3. The summed E-state index contributed by atoms with van der Waals surface area (Å²) in [6.07, 6.45) is 0.617. The molecule has 29 heavy (non-hydrogen) atoms. The van der Waals surface area contributed by atoms with Gasteiger partial charge in [0.1, 0.15) is 11.1 Å². The summed E-state index contributed by atoms with van der Waals surface area (Å²) in [5.74, 6) is -0.583. The molecule has 2 aliphatic carbocycles. The number of ketones is 2. The van der Waals surface area contributed by atoms with E-state index in [-0.39, 0.29) is 11.6 Å². The number of benzene rings is 2. The number of piperidine rings is 1. The van der Waals surface area contributed by atoms with E-state index in [1.54, 1.807) is 0 Å². The van der Waals surface area contributed by atoms with E-state index >= 15 is 0 Å². The van der Waals surface area contributed by atoms with Gasteiger partial charge in [-0.25, -0.2) is 0 Å². The summed E-state index contributed by atoms with van der Waals surface area (Å²) < 4.78 is 0. The monoisotopic (exact) mass is 388 g/mol. The standard InChI is InChI=1S/C24H24N2O3/c1-25-12-11-22-15-26(13-16-7-3-2-4-8-16)14-19(21(22)28)23(29)18-10-6-5-9-17(18)20(27)24(22,23)25/h2-10,19,29H,11-15H2,1H3/t19-,22+,23+,24-/m1/s1. The number of hydrogen-bond donors (Lipinski definition) is 1. The highest BCUT2D eigenvalue weighted by molar-refractivity contribution is 6.17. The lowest BCUT2D eigenvalue weighted by Crippen LogP contribution is -2.65. The van der Waals surface area contributed by atoms with Crippen molar-refractivity contribution in [2.24, 2.45) is 11.3 Å². The number of nitrogens with zero attached hydrogens (tertiary/aromatic N) is 2. The van der Waals surface area contributed by atoms with E-state index in [4.69, 9.17) is 0 Å². The van der Waals surface area contributed by atoms with Crippen molar-refractivity contribution in [1.29, 1.82) is 0 Å². The van der Waals surface area contributed by atoms with Gasteiger partial charge in [-0.1, -0.05) is 54.6 Å². The van der Waals surface area contributed by atoms with Gasteiger partial charge in [-0.05, 0) is 24.6 Å². The quantitative estimate of drug-likeness (QED) is 0.851. The van der Waals surface area contributed by atoms with E-state index < -0.39 is 22.5 Å². The Kier molecular flexibility index (Phi) is 3.27. The van der Waals surface area contributed by atoms with Gasteiger partial charge in [-0.2, -0.15) is 0 Å². The molecule has 2 aromatic carbocycles. The summed E-state index contributed by atoms with van der Waals surface area (Å²) in [6.45, 7) is 2.35. The summed E-state index contributed by atoms with van der Waals surface area (Å²) in [4.78, 5) is 31.9. The molecule has 0 aromatic heterocycles. The number of likely N-dealkylation sites (tertiary alicyclic amines) is 2. The largest absolute Gasteiger partial charge is 0.382 e. The number of Topliss-reactive ketones (excluding diaryl/α,β-unsaturated/α-hetero) is 2. The molecule has 1 N–H and O–H groups in total. The molecule has 3 fully saturated rings. The Morgan fingerprint density at radius 2 is 1.79 bits per heavy atom. The van der Waals surface area contributed by atoms with Crippen molar-refractivity contribution in [3.8, 4) is 0 Å². The average Bonchev–Trinajstić information content (AvgIpc) is 3.16. The van der Waals surface area contributed by atoms with Crippen molar-refractivity contribution in [3.05, 3.63) is 71.3 Å². The van der Waals surface area contributed by atoms with Crippen LogP contribution in [0.1, 0.15) is 27.9 Å². The fourth-order valence-electron chi connectivity index (χ4n) is 7.11. The minimum absolute atomic E-state index is 0.0759. The topological polar surface area (TPSA) is 60.9 Å². The van der Waals surface area contributed by atoms with Crippen LogP contribution in [0, 0.1) is 11.3 Å². The lowest BCUT2D eigenvalue weighted by Gasteiger charge is -2.45. The third kappa shape index (κ3) is 1.71. The number of carbonyl (C=O) groups excluding carboxylic acids is 2. The minimum atomic E-state index is -1.46. The van der Waals surface area contributed by atoms with E-state index in [1.807, 2.05) is 54.4 Å². The molecule has 4 aliphatic rings. The highest BCUT2D eigenvalue weighted by Gasteiger charge is 2.86. The van der Waals surface area contributed by atoms with Crippen molar-refractivity contribution < 1.29 is 14.7 Å². The van der Waals surface area contributed by atoms with Crippen molar-refractivity contribution in [2.45, 2.75) is 24.1 Å². The van der Waals surface area contributed by atoms with Crippen LogP contribution in [0.5, 0.6) is 0 Å². The van der Waals surface area contributed by atoms with Crippen LogP contribution in [-0.2, 0) is 16.9 Å². The van der Waals surface area contributed by atoms with E-state index in [9.17, 15) is 14.7 Å². The first-order valence-electron chi connectivity index (χ1n) is 10.4. The second-order valence-corrected chi connectivity index (χ2v) is 9.18. The van der Waals surface area contributed by atoms with Gasteiger partial charge in [0, 0.05) is 31.7 Å². The predicted molar refractivity (Wildman–Crippen MR) is 107 cm³/mol. The Morgan fingerprint density at radius 1 is 1.07 bits per heavy atom. The minimum Gasteiger partial charge on any atom is -0.382 e. The van der Waals surface area contributed by atoms with Crippen LogP contribution in [0.25, 0.3) is 0 Å². The summed E-state index contributed by atoms with van der Waals surface area (Å²) >= 11 is 0. The zero-order valence-electron chi connectivity index (χ0n) is 16.5. The van der Waals surface area contributed by atoms with Gasteiger partial charge in [0.25, 0.3) is 0 Å². The number of hydrogen-bond acceptors (Lipinski definition) is 5. The fraction of sp³-hybridized carbons (Fsp3) is 0.417. The molecule has 1 saturated carbocycles. The van der Waals surface area contributed by atoms with Gasteiger partial charge in [-0.3, -0.25) is 19.4 Å². The molecule has 2 aliphatic heterocycles. The first-order chi connectivity index (χ1) is 14.0. The van der Waals surface area contributed by atoms with Gasteiger partial charge in [0.15, 0.2) is 11.6 Å². The molecule has 0 radical (unpaired) electrons. The second kappa shape index (κ2) is 5.42. The molecule has 148 valence electrons. The zero-order chi connectivity index (χ0) is 20.0. The molecule has 5 heteroatoms. The van der Waals surface area contributed by atoms with Crippen molar-refractivity contribution >= 4 is 11.6 Å². The summed E-state index contributed by atoms with van der Waals surface area (Å²) in [6, 6.07) is 17.6. The van der Waals surface area contributed by atoms with Gasteiger partial charge >= 0.3 is 0 Å². The van der Waals surface area contributed by atoms with Crippen LogP contribution in [0.4, 0.5) is 0 Å². The molecule has 2 spiro atoms. The van der Waals surface area contributed by atoms with E-state index in [0.717, 1.165) is 6.54 Å². The molecule has 2 heterocycles. The third-order valence-electron chi connectivity index (χ3n) is 8.08. The molecule has 2 saturated heterocycles. The van der Waals surface area contributed by atoms with Crippen LogP contribution < -0.4 is 0 Å². The fourth-order valence-corrected chi connectivity index (χ4v) is 7.11. The molecule has 2 aromatic rings. The summed E-state index contributed by atoms with van der Waals surface area (Å²) in [7, 11) is 1.90. The first kappa shape index (κ1) is 17.5. The number of aliphatic hydroxyl groups is 1.